The lowest BCUT2D eigenvalue weighted by molar-refractivity contribution is -0.133. The standard InChI is InChI=1S/C18H19N5O2/c24-17(21-8-3-4-14(10-21)22-9-7-19-12-22)11-23-13-20-16-6-2-1-5-15(16)18(23)25/h1-2,5-7,9,12-14H,3-4,8,10-11H2. The quantitative estimate of drug-likeness (QED) is 0.725. The van der Waals surface area contributed by atoms with E-state index in [1.54, 1.807) is 30.7 Å². The Morgan fingerprint density at radius 3 is 2.96 bits per heavy atom. The second kappa shape index (κ2) is 6.51. The molecule has 1 aliphatic heterocycles. The lowest BCUT2D eigenvalue weighted by Gasteiger charge is -2.33. The van der Waals surface area contributed by atoms with Crippen LogP contribution < -0.4 is 5.56 Å². The van der Waals surface area contributed by atoms with E-state index in [1.165, 1.54) is 10.9 Å². The molecule has 0 radical (unpaired) electrons. The molecule has 1 saturated heterocycles. The molecule has 1 aliphatic rings. The number of carbonyl (C=O) groups excluding carboxylic acids is 1. The average Bonchev–Trinajstić information content (AvgIpc) is 3.19. The number of hydrogen-bond donors (Lipinski definition) is 0. The van der Waals surface area contributed by atoms with Crippen molar-refractivity contribution >= 4 is 16.8 Å². The maximum absolute atomic E-state index is 12.7. The highest BCUT2D eigenvalue weighted by Gasteiger charge is 2.24. The Labute approximate surface area is 144 Å². The third kappa shape index (κ3) is 3.05. The SMILES string of the molecule is O=C(Cn1cnc2ccccc2c1=O)N1CCCC(n2ccnc2)C1. The first-order valence-electron chi connectivity index (χ1n) is 8.42. The first-order chi connectivity index (χ1) is 12.2. The Balaban J connectivity index is 1.52. The van der Waals surface area contributed by atoms with Crippen LogP contribution in [0.3, 0.4) is 0 Å². The molecule has 0 N–H and O–H groups in total. The largest absolute Gasteiger partial charge is 0.339 e. The number of benzene rings is 1. The van der Waals surface area contributed by atoms with Gasteiger partial charge >= 0.3 is 0 Å². The number of hydrogen-bond acceptors (Lipinski definition) is 4. The van der Waals surface area contributed by atoms with E-state index in [0.29, 0.717) is 17.4 Å². The van der Waals surface area contributed by atoms with Gasteiger partial charge in [-0.25, -0.2) is 9.97 Å². The minimum absolute atomic E-state index is 0.0211. The molecule has 3 heterocycles. The molecule has 2 aromatic heterocycles. The molecule has 25 heavy (non-hydrogen) atoms. The zero-order valence-corrected chi connectivity index (χ0v) is 13.8. The van der Waals surface area contributed by atoms with Crippen molar-refractivity contribution in [3.05, 3.63) is 59.7 Å². The van der Waals surface area contributed by atoms with Gasteiger partial charge in [-0.1, -0.05) is 12.1 Å². The zero-order chi connectivity index (χ0) is 17.2. The Kier molecular flexibility index (Phi) is 4.05. The van der Waals surface area contributed by atoms with Crippen molar-refractivity contribution in [2.45, 2.75) is 25.4 Å². The van der Waals surface area contributed by atoms with Crippen molar-refractivity contribution in [3.8, 4) is 0 Å². The molecular weight excluding hydrogens is 318 g/mol. The van der Waals surface area contributed by atoms with E-state index >= 15 is 0 Å². The van der Waals surface area contributed by atoms with E-state index in [2.05, 4.69) is 9.97 Å². The lowest BCUT2D eigenvalue weighted by atomic mass is 10.1. The van der Waals surface area contributed by atoms with Crippen LogP contribution in [0.2, 0.25) is 0 Å². The van der Waals surface area contributed by atoms with E-state index < -0.39 is 0 Å². The van der Waals surface area contributed by atoms with Crippen LogP contribution in [-0.4, -0.2) is 43.0 Å². The molecule has 0 bridgehead atoms. The maximum Gasteiger partial charge on any atom is 0.261 e. The van der Waals surface area contributed by atoms with Gasteiger partial charge in [-0.15, -0.1) is 0 Å². The summed E-state index contributed by atoms with van der Waals surface area (Å²) in [5.74, 6) is -0.0519. The number of likely N-dealkylation sites (tertiary alicyclic amines) is 1. The molecule has 0 aliphatic carbocycles. The summed E-state index contributed by atoms with van der Waals surface area (Å²) in [6.45, 7) is 1.39. The summed E-state index contributed by atoms with van der Waals surface area (Å²) in [5.41, 5.74) is 0.469. The van der Waals surface area contributed by atoms with Crippen molar-refractivity contribution in [1.82, 2.24) is 24.0 Å². The Morgan fingerprint density at radius 1 is 1.24 bits per heavy atom. The van der Waals surface area contributed by atoms with Gasteiger partial charge in [0.25, 0.3) is 5.56 Å². The molecule has 1 aromatic carbocycles. The van der Waals surface area contributed by atoms with Gasteiger partial charge < -0.3 is 9.47 Å². The molecule has 0 spiro atoms. The number of amides is 1. The van der Waals surface area contributed by atoms with Gasteiger partial charge in [-0.2, -0.15) is 0 Å². The molecule has 128 valence electrons. The minimum atomic E-state index is -0.179. The summed E-state index contributed by atoms with van der Waals surface area (Å²) in [4.78, 5) is 35.4. The highest BCUT2D eigenvalue weighted by atomic mass is 16.2. The molecule has 1 atom stereocenters. The van der Waals surface area contributed by atoms with Gasteiger partial charge in [0.2, 0.25) is 5.91 Å². The highest BCUT2D eigenvalue weighted by Crippen LogP contribution is 2.21. The number of carbonyl (C=O) groups is 1. The fraction of sp³-hybridized carbons (Fsp3) is 0.333. The zero-order valence-electron chi connectivity index (χ0n) is 13.8. The summed E-state index contributed by atoms with van der Waals surface area (Å²) in [5, 5.41) is 0.535. The van der Waals surface area contributed by atoms with Gasteiger partial charge in [0.1, 0.15) is 6.54 Å². The molecular formula is C18H19N5O2. The van der Waals surface area contributed by atoms with Crippen LogP contribution in [0.25, 0.3) is 10.9 Å². The van der Waals surface area contributed by atoms with E-state index in [9.17, 15) is 9.59 Å². The van der Waals surface area contributed by atoms with E-state index in [-0.39, 0.29) is 24.1 Å². The first-order valence-corrected chi connectivity index (χ1v) is 8.42. The van der Waals surface area contributed by atoms with E-state index in [1.807, 2.05) is 21.7 Å². The summed E-state index contributed by atoms with van der Waals surface area (Å²) in [7, 11) is 0. The molecule has 3 aromatic rings. The third-order valence-electron chi connectivity index (χ3n) is 4.73. The van der Waals surface area contributed by atoms with Crippen molar-refractivity contribution in [2.75, 3.05) is 13.1 Å². The van der Waals surface area contributed by atoms with E-state index in [0.717, 1.165) is 19.4 Å². The van der Waals surface area contributed by atoms with Gasteiger partial charge in [0, 0.05) is 25.5 Å². The van der Waals surface area contributed by atoms with Gasteiger partial charge in [-0.05, 0) is 25.0 Å². The third-order valence-corrected chi connectivity index (χ3v) is 4.73. The highest BCUT2D eigenvalue weighted by molar-refractivity contribution is 5.79. The number of imidazole rings is 1. The number of rotatable bonds is 3. The topological polar surface area (TPSA) is 73.0 Å². The van der Waals surface area contributed by atoms with Crippen molar-refractivity contribution in [1.29, 1.82) is 0 Å². The minimum Gasteiger partial charge on any atom is -0.339 e. The second-order valence-corrected chi connectivity index (χ2v) is 6.34. The van der Waals surface area contributed by atoms with Gasteiger partial charge in [0.15, 0.2) is 0 Å². The molecule has 1 amide bonds. The number of aromatic nitrogens is 4. The maximum atomic E-state index is 12.7. The molecule has 0 saturated carbocycles. The Hall–Kier alpha value is -2.96. The lowest BCUT2D eigenvalue weighted by Crippen LogP contribution is -2.43. The summed E-state index contributed by atoms with van der Waals surface area (Å²) >= 11 is 0. The molecule has 4 rings (SSSR count). The fourth-order valence-electron chi connectivity index (χ4n) is 3.37. The van der Waals surface area contributed by atoms with Gasteiger partial charge in [0.05, 0.1) is 29.6 Å². The number of piperidine rings is 1. The fourth-order valence-corrected chi connectivity index (χ4v) is 3.37. The van der Waals surface area contributed by atoms with Gasteiger partial charge in [-0.3, -0.25) is 14.2 Å². The van der Waals surface area contributed by atoms with Crippen LogP contribution in [0, 0.1) is 0 Å². The predicted octanol–water partition coefficient (Wildman–Crippen LogP) is 1.46. The number of nitrogens with zero attached hydrogens (tertiary/aromatic N) is 5. The van der Waals surface area contributed by atoms with Crippen molar-refractivity contribution < 1.29 is 4.79 Å². The molecule has 7 heteroatoms. The summed E-state index contributed by atoms with van der Waals surface area (Å²) in [6.07, 6.45) is 8.89. The second-order valence-electron chi connectivity index (χ2n) is 6.34. The van der Waals surface area contributed by atoms with Crippen molar-refractivity contribution in [2.24, 2.45) is 0 Å². The average molecular weight is 337 g/mol. The van der Waals surface area contributed by atoms with Crippen LogP contribution in [-0.2, 0) is 11.3 Å². The Morgan fingerprint density at radius 2 is 2.12 bits per heavy atom. The number of para-hydroxylation sites is 1. The molecule has 7 nitrogen and oxygen atoms in total. The summed E-state index contributed by atoms with van der Waals surface area (Å²) in [6, 6.07) is 7.42. The molecule has 1 fully saturated rings. The normalized spacial score (nSPS) is 17.8. The monoisotopic (exact) mass is 337 g/mol. The van der Waals surface area contributed by atoms with Crippen molar-refractivity contribution in [3.63, 3.8) is 0 Å². The van der Waals surface area contributed by atoms with E-state index in [4.69, 9.17) is 0 Å². The van der Waals surface area contributed by atoms with Crippen LogP contribution in [0.4, 0.5) is 0 Å². The Bertz CT molecular complexity index is 948. The molecule has 1 unspecified atom stereocenters. The summed E-state index contributed by atoms with van der Waals surface area (Å²) < 4.78 is 3.44. The van der Waals surface area contributed by atoms with Crippen LogP contribution >= 0.6 is 0 Å². The number of fused-ring (bicyclic) bond motifs is 1. The van der Waals surface area contributed by atoms with Crippen LogP contribution in [0.15, 0.2) is 54.1 Å². The van der Waals surface area contributed by atoms with Crippen LogP contribution in [0.1, 0.15) is 18.9 Å². The first kappa shape index (κ1) is 15.6. The smallest absolute Gasteiger partial charge is 0.261 e. The van der Waals surface area contributed by atoms with Crippen LogP contribution in [0.5, 0.6) is 0 Å². The predicted molar refractivity (Wildman–Crippen MR) is 93.1 cm³/mol.